The Morgan fingerprint density at radius 3 is 2.07 bits per heavy atom. The summed E-state index contributed by atoms with van der Waals surface area (Å²) in [4.78, 5) is 0. The minimum atomic E-state index is -0.432. The molecule has 0 aliphatic carbocycles. The summed E-state index contributed by atoms with van der Waals surface area (Å²) >= 11 is 0. The third kappa shape index (κ3) is 2.52. The van der Waals surface area contributed by atoms with Gasteiger partial charge in [0.1, 0.15) is 11.2 Å². The highest BCUT2D eigenvalue weighted by Gasteiger charge is 2.52. The van der Waals surface area contributed by atoms with E-state index in [9.17, 15) is 0 Å². The lowest BCUT2D eigenvalue weighted by Gasteiger charge is -2.32. The Labute approximate surface area is 165 Å². The third-order valence-electron chi connectivity index (χ3n) is 6.15. The predicted molar refractivity (Wildman–Crippen MR) is 115 cm³/mol. The first-order valence-electron chi connectivity index (χ1n) is 9.73. The van der Waals surface area contributed by atoms with Gasteiger partial charge in [-0.05, 0) is 44.8 Å². The molecule has 4 heteroatoms. The molecule has 0 N–H and O–H groups in total. The topological polar surface area (TPSA) is 31.6 Å². The Hall–Kier alpha value is -2.56. The highest BCUT2D eigenvalue weighted by Crippen LogP contribution is 2.39. The van der Waals surface area contributed by atoms with E-state index in [4.69, 9.17) is 13.7 Å². The fourth-order valence-electron chi connectivity index (χ4n) is 3.87. The monoisotopic (exact) mass is 370 g/mol. The van der Waals surface area contributed by atoms with Gasteiger partial charge in [-0.3, -0.25) is 0 Å². The summed E-state index contributed by atoms with van der Waals surface area (Å²) < 4.78 is 19.0. The van der Waals surface area contributed by atoms with E-state index in [2.05, 4.69) is 58.0 Å². The van der Waals surface area contributed by atoms with Crippen molar-refractivity contribution in [1.29, 1.82) is 0 Å². The Kier molecular flexibility index (Phi) is 3.74. The molecule has 0 radical (unpaired) electrons. The number of furan rings is 1. The molecule has 4 aromatic rings. The van der Waals surface area contributed by atoms with Crippen LogP contribution in [0.25, 0.3) is 33.1 Å². The lowest BCUT2D eigenvalue weighted by Crippen LogP contribution is -2.41. The van der Waals surface area contributed by atoms with Crippen LogP contribution in [0.2, 0.25) is 0 Å². The van der Waals surface area contributed by atoms with Crippen molar-refractivity contribution in [3.05, 3.63) is 66.7 Å². The molecule has 3 aromatic carbocycles. The van der Waals surface area contributed by atoms with Gasteiger partial charge in [0.05, 0.1) is 11.2 Å². The van der Waals surface area contributed by atoms with Gasteiger partial charge in [-0.2, -0.15) is 0 Å². The zero-order valence-corrected chi connectivity index (χ0v) is 16.7. The van der Waals surface area contributed by atoms with Gasteiger partial charge in [-0.25, -0.2) is 0 Å². The van der Waals surface area contributed by atoms with E-state index in [1.54, 1.807) is 0 Å². The zero-order chi connectivity index (χ0) is 19.5. The fourth-order valence-corrected chi connectivity index (χ4v) is 3.87. The molecule has 1 saturated heterocycles. The first kappa shape index (κ1) is 17.5. The molecule has 2 heterocycles. The maximum absolute atomic E-state index is 6.36. The molecular formula is C24H23BO3. The van der Waals surface area contributed by atoms with Gasteiger partial charge in [0.2, 0.25) is 0 Å². The van der Waals surface area contributed by atoms with Crippen LogP contribution in [0, 0.1) is 0 Å². The van der Waals surface area contributed by atoms with Crippen molar-refractivity contribution in [3.8, 4) is 11.1 Å². The standard InChI is InChI=1S/C24H23BO3/c1-23(2)24(3,4)28-25(27-23)19-15-14-17(16-10-6-5-7-11-16)22-21(19)18-12-8-9-13-20(18)26-22/h5-15H,1-4H3. The Balaban J connectivity index is 1.78. The Morgan fingerprint density at radius 2 is 1.36 bits per heavy atom. The second-order valence-corrected chi connectivity index (χ2v) is 8.46. The van der Waals surface area contributed by atoms with Crippen LogP contribution >= 0.6 is 0 Å². The molecule has 0 bridgehead atoms. The van der Waals surface area contributed by atoms with Crippen molar-refractivity contribution < 1.29 is 13.7 Å². The van der Waals surface area contributed by atoms with Gasteiger partial charge in [-0.15, -0.1) is 0 Å². The zero-order valence-electron chi connectivity index (χ0n) is 16.7. The number of rotatable bonds is 2. The molecule has 140 valence electrons. The van der Waals surface area contributed by atoms with Crippen molar-refractivity contribution in [2.24, 2.45) is 0 Å². The average Bonchev–Trinajstić information content (AvgIpc) is 3.16. The van der Waals surface area contributed by atoms with E-state index in [0.717, 1.165) is 38.5 Å². The van der Waals surface area contributed by atoms with Crippen LogP contribution in [-0.2, 0) is 9.31 Å². The maximum atomic E-state index is 6.36. The van der Waals surface area contributed by atoms with Crippen LogP contribution in [-0.4, -0.2) is 18.3 Å². The summed E-state index contributed by atoms with van der Waals surface area (Å²) in [7, 11) is -0.432. The first-order chi connectivity index (χ1) is 13.4. The SMILES string of the molecule is CC1(C)OB(c2ccc(-c3ccccc3)c3oc4ccccc4c23)OC1(C)C. The second kappa shape index (κ2) is 5.97. The van der Waals surface area contributed by atoms with E-state index in [1.165, 1.54) is 0 Å². The van der Waals surface area contributed by atoms with Gasteiger partial charge in [-0.1, -0.05) is 60.7 Å². The lowest BCUT2D eigenvalue weighted by atomic mass is 9.75. The van der Waals surface area contributed by atoms with Gasteiger partial charge in [0.15, 0.2) is 0 Å². The molecule has 0 atom stereocenters. The van der Waals surface area contributed by atoms with Crippen molar-refractivity contribution in [2.75, 3.05) is 0 Å². The summed E-state index contributed by atoms with van der Waals surface area (Å²) in [6, 6.07) is 22.7. The largest absolute Gasteiger partial charge is 0.495 e. The van der Waals surface area contributed by atoms with Crippen molar-refractivity contribution >= 4 is 34.5 Å². The molecule has 1 aromatic heterocycles. The Bertz CT molecular complexity index is 1160. The van der Waals surface area contributed by atoms with E-state index >= 15 is 0 Å². The first-order valence-corrected chi connectivity index (χ1v) is 9.73. The van der Waals surface area contributed by atoms with E-state index in [1.807, 2.05) is 36.4 Å². The van der Waals surface area contributed by atoms with E-state index in [-0.39, 0.29) is 11.2 Å². The third-order valence-corrected chi connectivity index (χ3v) is 6.15. The van der Waals surface area contributed by atoms with Crippen LogP contribution in [0.15, 0.2) is 71.1 Å². The minimum absolute atomic E-state index is 0.387. The molecule has 0 saturated carbocycles. The predicted octanol–water partition coefficient (Wildman–Crippen LogP) is 5.55. The smallest absolute Gasteiger partial charge is 0.455 e. The number of fused-ring (bicyclic) bond motifs is 3. The summed E-state index contributed by atoms with van der Waals surface area (Å²) in [6.45, 7) is 8.32. The average molecular weight is 370 g/mol. The fraction of sp³-hybridized carbons (Fsp3) is 0.250. The van der Waals surface area contributed by atoms with E-state index in [0.29, 0.717) is 0 Å². The van der Waals surface area contributed by atoms with Crippen LogP contribution < -0.4 is 5.46 Å². The summed E-state index contributed by atoms with van der Waals surface area (Å²) in [5, 5.41) is 2.15. The highest BCUT2D eigenvalue weighted by molar-refractivity contribution is 6.66. The molecule has 1 aliphatic heterocycles. The number of benzene rings is 3. The van der Waals surface area contributed by atoms with Crippen molar-refractivity contribution in [3.63, 3.8) is 0 Å². The number of para-hydroxylation sites is 1. The normalized spacial score (nSPS) is 18.2. The van der Waals surface area contributed by atoms with Crippen molar-refractivity contribution in [2.45, 2.75) is 38.9 Å². The van der Waals surface area contributed by atoms with Gasteiger partial charge in [0.25, 0.3) is 0 Å². The Morgan fingerprint density at radius 1 is 0.714 bits per heavy atom. The summed E-state index contributed by atoms with van der Waals surface area (Å²) in [6.07, 6.45) is 0. The highest BCUT2D eigenvalue weighted by atomic mass is 16.7. The lowest BCUT2D eigenvalue weighted by molar-refractivity contribution is 0.00578. The van der Waals surface area contributed by atoms with Crippen LogP contribution in [0.4, 0.5) is 0 Å². The molecule has 1 aliphatic rings. The second-order valence-electron chi connectivity index (χ2n) is 8.46. The molecule has 5 rings (SSSR count). The molecule has 1 fully saturated rings. The quantitative estimate of drug-likeness (QED) is 0.434. The molecule has 0 spiro atoms. The molecule has 0 unspecified atom stereocenters. The van der Waals surface area contributed by atoms with Gasteiger partial charge in [0, 0.05) is 16.3 Å². The van der Waals surface area contributed by atoms with Crippen LogP contribution in [0.1, 0.15) is 27.7 Å². The van der Waals surface area contributed by atoms with Crippen molar-refractivity contribution in [1.82, 2.24) is 0 Å². The molecular weight excluding hydrogens is 347 g/mol. The maximum Gasteiger partial charge on any atom is 0.495 e. The van der Waals surface area contributed by atoms with E-state index < -0.39 is 7.12 Å². The summed E-state index contributed by atoms with van der Waals surface area (Å²) in [5.74, 6) is 0. The molecule has 3 nitrogen and oxygen atoms in total. The van der Waals surface area contributed by atoms with Crippen LogP contribution in [0.3, 0.4) is 0 Å². The van der Waals surface area contributed by atoms with Gasteiger partial charge < -0.3 is 13.7 Å². The minimum Gasteiger partial charge on any atom is -0.455 e. The number of hydrogen-bond donors (Lipinski definition) is 0. The van der Waals surface area contributed by atoms with Gasteiger partial charge >= 0.3 is 7.12 Å². The summed E-state index contributed by atoms with van der Waals surface area (Å²) in [5.41, 5.74) is 4.19. The molecule has 28 heavy (non-hydrogen) atoms. The molecule has 0 amide bonds. The van der Waals surface area contributed by atoms with Crippen LogP contribution in [0.5, 0.6) is 0 Å². The number of hydrogen-bond acceptors (Lipinski definition) is 3.